The fourth-order valence-electron chi connectivity index (χ4n) is 3.12. The molecule has 0 aromatic rings. The summed E-state index contributed by atoms with van der Waals surface area (Å²) in [6.45, 7) is 8.15. The van der Waals surface area contributed by atoms with E-state index in [1.807, 2.05) is 13.8 Å². The van der Waals surface area contributed by atoms with Gasteiger partial charge in [0.25, 0.3) is 0 Å². The summed E-state index contributed by atoms with van der Waals surface area (Å²) in [4.78, 5) is 23.2. The molecular weight excluding hydrogens is 256 g/mol. The van der Waals surface area contributed by atoms with Gasteiger partial charge in [0.05, 0.1) is 0 Å². The molecule has 3 N–H and O–H groups in total. The first-order valence-corrected chi connectivity index (χ1v) is 7.63. The number of urea groups is 1. The third kappa shape index (κ3) is 5.02. The number of nitrogens with one attached hydrogen (secondary N) is 2. The minimum atomic E-state index is -0.972. The van der Waals surface area contributed by atoms with Gasteiger partial charge in [0.2, 0.25) is 0 Å². The van der Waals surface area contributed by atoms with E-state index in [2.05, 4.69) is 24.5 Å². The molecule has 2 unspecified atom stereocenters. The van der Waals surface area contributed by atoms with Crippen molar-refractivity contribution in [2.24, 2.45) is 17.8 Å². The summed E-state index contributed by atoms with van der Waals surface area (Å²) in [6.07, 6.45) is 3.86. The Kier molecular flexibility index (Phi) is 6.30. The number of carbonyl (C=O) groups excluding carboxylic acids is 1. The average Bonchev–Trinajstić information content (AvgIpc) is 2.33. The van der Waals surface area contributed by atoms with Crippen LogP contribution in [0.15, 0.2) is 0 Å². The lowest BCUT2D eigenvalue weighted by atomic mass is 9.80. The maximum absolute atomic E-state index is 12.0. The molecule has 5 nitrogen and oxygen atoms in total. The Morgan fingerprint density at radius 2 is 1.75 bits per heavy atom. The molecule has 4 atom stereocenters. The summed E-state index contributed by atoms with van der Waals surface area (Å²) in [5, 5.41) is 14.7. The molecule has 1 saturated carbocycles. The number of hydrogen-bond acceptors (Lipinski definition) is 2. The largest absolute Gasteiger partial charge is 0.480 e. The Labute approximate surface area is 121 Å². The molecule has 1 fully saturated rings. The molecule has 1 rings (SSSR count). The molecule has 1 aliphatic carbocycles. The number of hydrogen-bond donors (Lipinski definition) is 3. The predicted octanol–water partition coefficient (Wildman–Crippen LogP) is 2.61. The number of carbonyl (C=O) groups is 2. The van der Waals surface area contributed by atoms with Crippen LogP contribution in [0, 0.1) is 17.8 Å². The minimum Gasteiger partial charge on any atom is -0.480 e. The van der Waals surface area contributed by atoms with Gasteiger partial charge in [-0.25, -0.2) is 9.59 Å². The van der Waals surface area contributed by atoms with Crippen molar-refractivity contribution in [2.75, 3.05) is 0 Å². The smallest absolute Gasteiger partial charge is 0.326 e. The maximum Gasteiger partial charge on any atom is 0.326 e. The van der Waals surface area contributed by atoms with Crippen LogP contribution < -0.4 is 10.6 Å². The first-order valence-electron chi connectivity index (χ1n) is 7.63. The molecule has 5 heteroatoms. The molecule has 0 spiro atoms. The van der Waals surface area contributed by atoms with Crippen molar-refractivity contribution >= 4 is 12.0 Å². The number of rotatable bonds is 5. The number of carboxylic acids is 1. The van der Waals surface area contributed by atoms with Crippen molar-refractivity contribution in [3.05, 3.63) is 0 Å². The van der Waals surface area contributed by atoms with E-state index < -0.39 is 12.0 Å². The highest BCUT2D eigenvalue weighted by molar-refractivity contribution is 5.82. The van der Waals surface area contributed by atoms with Crippen LogP contribution in [0.3, 0.4) is 0 Å². The first kappa shape index (κ1) is 16.8. The number of carboxylic acid groups (broad SMARTS) is 1. The zero-order valence-electron chi connectivity index (χ0n) is 13.0. The summed E-state index contributed by atoms with van der Waals surface area (Å²) >= 11 is 0. The van der Waals surface area contributed by atoms with Gasteiger partial charge in [0.15, 0.2) is 0 Å². The van der Waals surface area contributed by atoms with Gasteiger partial charge >= 0.3 is 12.0 Å². The Balaban J connectivity index is 2.51. The lowest BCUT2D eigenvalue weighted by Gasteiger charge is -2.32. The van der Waals surface area contributed by atoms with Crippen LogP contribution in [0.4, 0.5) is 4.79 Å². The molecule has 0 aliphatic heterocycles. The van der Waals surface area contributed by atoms with E-state index in [1.54, 1.807) is 0 Å². The van der Waals surface area contributed by atoms with Gasteiger partial charge in [-0.05, 0) is 37.0 Å². The molecule has 0 saturated heterocycles. The first-order chi connectivity index (χ1) is 9.33. The molecule has 116 valence electrons. The van der Waals surface area contributed by atoms with E-state index in [-0.39, 0.29) is 18.0 Å². The van der Waals surface area contributed by atoms with Crippen molar-refractivity contribution in [3.8, 4) is 0 Å². The van der Waals surface area contributed by atoms with Crippen LogP contribution in [-0.2, 0) is 4.79 Å². The van der Waals surface area contributed by atoms with Crippen LogP contribution in [0.25, 0.3) is 0 Å². The van der Waals surface area contributed by atoms with E-state index in [4.69, 9.17) is 0 Å². The van der Waals surface area contributed by atoms with Gasteiger partial charge in [-0.2, -0.15) is 0 Å². The Bertz CT molecular complexity index is 336. The normalized spacial score (nSPS) is 29.3. The van der Waals surface area contributed by atoms with Crippen LogP contribution in [0.1, 0.15) is 53.4 Å². The van der Waals surface area contributed by atoms with Gasteiger partial charge in [-0.15, -0.1) is 0 Å². The fraction of sp³-hybridized carbons (Fsp3) is 0.867. The van der Waals surface area contributed by atoms with Gasteiger partial charge in [-0.3, -0.25) is 0 Å². The second-order valence-electron chi connectivity index (χ2n) is 6.43. The van der Waals surface area contributed by atoms with Gasteiger partial charge < -0.3 is 15.7 Å². The molecule has 0 bridgehead atoms. The zero-order valence-corrected chi connectivity index (χ0v) is 13.0. The third-order valence-electron chi connectivity index (χ3n) is 4.28. The van der Waals surface area contributed by atoms with Crippen LogP contribution in [-0.4, -0.2) is 29.2 Å². The van der Waals surface area contributed by atoms with E-state index in [1.165, 1.54) is 6.42 Å². The zero-order chi connectivity index (χ0) is 15.3. The standard InChI is InChI=1S/C15H28N2O3/c1-5-11(4)13(14(18)19)17-15(20)16-12-7-9(2)6-10(3)8-12/h9-13H,5-8H2,1-4H3,(H,18,19)(H2,16,17,20)/t9?,10?,11-,12?,13-/m0/s1. The van der Waals surface area contributed by atoms with Crippen LogP contribution in [0.5, 0.6) is 0 Å². The SMILES string of the molecule is CC[C@H](C)[C@H](NC(=O)NC1CC(C)CC(C)C1)C(=O)O. The van der Waals surface area contributed by atoms with Crippen molar-refractivity contribution in [1.29, 1.82) is 0 Å². The number of amides is 2. The molecular formula is C15H28N2O3. The second kappa shape index (κ2) is 7.50. The topological polar surface area (TPSA) is 78.4 Å². The van der Waals surface area contributed by atoms with Crippen molar-refractivity contribution < 1.29 is 14.7 Å². The van der Waals surface area contributed by atoms with Crippen LogP contribution >= 0.6 is 0 Å². The molecule has 0 aromatic heterocycles. The third-order valence-corrected chi connectivity index (χ3v) is 4.28. The molecule has 20 heavy (non-hydrogen) atoms. The molecule has 1 aliphatic rings. The summed E-state index contributed by atoms with van der Waals surface area (Å²) < 4.78 is 0. The summed E-state index contributed by atoms with van der Waals surface area (Å²) in [5.74, 6) is 0.158. The molecule has 0 aromatic carbocycles. The van der Waals surface area contributed by atoms with Gasteiger partial charge in [-0.1, -0.05) is 34.1 Å². The monoisotopic (exact) mass is 284 g/mol. The minimum absolute atomic E-state index is 0.0811. The predicted molar refractivity (Wildman–Crippen MR) is 78.5 cm³/mol. The lowest BCUT2D eigenvalue weighted by Crippen LogP contribution is -2.52. The maximum atomic E-state index is 12.0. The summed E-state index contributed by atoms with van der Waals surface area (Å²) in [5.41, 5.74) is 0. The summed E-state index contributed by atoms with van der Waals surface area (Å²) in [6, 6.07) is -1.03. The van der Waals surface area contributed by atoms with Crippen LogP contribution in [0.2, 0.25) is 0 Å². The Morgan fingerprint density at radius 3 is 2.20 bits per heavy atom. The Morgan fingerprint density at radius 1 is 1.20 bits per heavy atom. The number of aliphatic carboxylic acids is 1. The van der Waals surface area contributed by atoms with E-state index in [0.29, 0.717) is 11.8 Å². The van der Waals surface area contributed by atoms with E-state index >= 15 is 0 Å². The quantitative estimate of drug-likeness (QED) is 0.726. The highest BCUT2D eigenvalue weighted by Gasteiger charge is 2.28. The molecule has 0 radical (unpaired) electrons. The molecule has 0 heterocycles. The Hall–Kier alpha value is -1.26. The van der Waals surface area contributed by atoms with E-state index in [9.17, 15) is 14.7 Å². The summed E-state index contributed by atoms with van der Waals surface area (Å²) in [7, 11) is 0. The average molecular weight is 284 g/mol. The molecule has 2 amide bonds. The van der Waals surface area contributed by atoms with E-state index in [0.717, 1.165) is 19.3 Å². The van der Waals surface area contributed by atoms with Gasteiger partial charge in [0, 0.05) is 6.04 Å². The second-order valence-corrected chi connectivity index (χ2v) is 6.43. The highest BCUT2D eigenvalue weighted by atomic mass is 16.4. The van der Waals surface area contributed by atoms with Crippen molar-refractivity contribution in [2.45, 2.75) is 65.5 Å². The van der Waals surface area contributed by atoms with Crippen molar-refractivity contribution in [1.82, 2.24) is 10.6 Å². The van der Waals surface area contributed by atoms with Crippen molar-refractivity contribution in [3.63, 3.8) is 0 Å². The fourth-order valence-corrected chi connectivity index (χ4v) is 3.12. The van der Waals surface area contributed by atoms with Gasteiger partial charge in [0.1, 0.15) is 6.04 Å². The highest BCUT2D eigenvalue weighted by Crippen LogP contribution is 2.28. The lowest BCUT2D eigenvalue weighted by molar-refractivity contribution is -0.140.